The number of methoxy groups -OCH3 is 1. The number of rotatable bonds is 3. The van der Waals surface area contributed by atoms with E-state index in [0.29, 0.717) is 10.1 Å². The van der Waals surface area contributed by atoms with Crippen molar-refractivity contribution < 1.29 is 4.74 Å². The second kappa shape index (κ2) is 7.72. The van der Waals surface area contributed by atoms with Crippen LogP contribution in [0.15, 0.2) is 40.9 Å². The van der Waals surface area contributed by atoms with E-state index in [1.807, 2.05) is 24.3 Å². The van der Waals surface area contributed by atoms with Crippen molar-refractivity contribution >= 4 is 50.5 Å². The Morgan fingerprint density at radius 1 is 1.29 bits per heavy atom. The quantitative estimate of drug-likeness (QED) is 0.638. The lowest BCUT2D eigenvalue weighted by molar-refractivity contribution is 0.412. The molecule has 0 bridgehead atoms. The third kappa shape index (κ3) is 4.02. The van der Waals surface area contributed by atoms with Crippen LogP contribution in [0.25, 0.3) is 0 Å². The van der Waals surface area contributed by atoms with Crippen molar-refractivity contribution in [3.63, 3.8) is 0 Å². The average molecular weight is 426 g/mol. The van der Waals surface area contributed by atoms with E-state index in [1.54, 1.807) is 7.11 Å². The molecular weight excluding hydrogens is 408 g/mol. The molecule has 0 saturated carbocycles. The lowest BCUT2D eigenvalue weighted by atomic mass is 9.87. The first kappa shape index (κ1) is 17.5. The first-order valence-electron chi connectivity index (χ1n) is 7.76. The maximum atomic E-state index is 6.12. The predicted molar refractivity (Wildman–Crippen MR) is 107 cm³/mol. The summed E-state index contributed by atoms with van der Waals surface area (Å²) in [5.41, 5.74) is 3.49. The van der Waals surface area contributed by atoms with Crippen LogP contribution in [0.1, 0.15) is 30.0 Å². The zero-order valence-electron chi connectivity index (χ0n) is 13.2. The van der Waals surface area contributed by atoms with Crippen LogP contribution in [0.5, 0.6) is 5.75 Å². The third-order valence-electron chi connectivity index (χ3n) is 4.15. The van der Waals surface area contributed by atoms with Crippen molar-refractivity contribution in [1.82, 2.24) is 5.32 Å². The highest BCUT2D eigenvalue weighted by Gasteiger charge is 2.21. The minimum atomic E-state index is 0.213. The zero-order chi connectivity index (χ0) is 17.1. The van der Waals surface area contributed by atoms with Gasteiger partial charge in [-0.25, -0.2) is 0 Å². The molecule has 2 aromatic rings. The van der Waals surface area contributed by atoms with E-state index >= 15 is 0 Å². The molecule has 0 spiro atoms. The average Bonchev–Trinajstić information content (AvgIpc) is 2.58. The van der Waals surface area contributed by atoms with Crippen molar-refractivity contribution in [2.75, 3.05) is 12.4 Å². The Morgan fingerprint density at radius 2 is 2.12 bits per heavy atom. The van der Waals surface area contributed by atoms with Gasteiger partial charge in [-0.1, -0.05) is 17.7 Å². The molecule has 0 saturated heterocycles. The number of nitrogens with one attached hydrogen (secondary N) is 2. The van der Waals surface area contributed by atoms with Gasteiger partial charge < -0.3 is 15.4 Å². The molecule has 2 N–H and O–H groups in total. The zero-order valence-corrected chi connectivity index (χ0v) is 16.4. The van der Waals surface area contributed by atoms with Gasteiger partial charge in [-0.15, -0.1) is 0 Å². The monoisotopic (exact) mass is 424 g/mol. The van der Waals surface area contributed by atoms with Gasteiger partial charge in [0.2, 0.25) is 0 Å². The minimum Gasteiger partial charge on any atom is -0.497 e. The standard InChI is InChI=1S/C18H18BrClN2OS/c1-23-13-6-7-14-11(9-13)3-2-4-17(14)22-18(24)21-12-5-8-15(19)16(20)10-12/h5-10,17H,2-4H2,1H3,(H2,21,22,24)/t17-/m0/s1. The number of hydrogen-bond donors (Lipinski definition) is 2. The first-order valence-corrected chi connectivity index (χ1v) is 9.34. The Morgan fingerprint density at radius 3 is 2.88 bits per heavy atom. The molecule has 2 aromatic carbocycles. The third-order valence-corrected chi connectivity index (χ3v) is 5.60. The van der Waals surface area contributed by atoms with E-state index < -0.39 is 0 Å². The van der Waals surface area contributed by atoms with Gasteiger partial charge in [0.15, 0.2) is 5.11 Å². The van der Waals surface area contributed by atoms with E-state index in [2.05, 4.69) is 38.7 Å². The van der Waals surface area contributed by atoms with Crippen LogP contribution in [-0.2, 0) is 6.42 Å². The summed E-state index contributed by atoms with van der Waals surface area (Å²) in [5, 5.41) is 7.87. The highest BCUT2D eigenvalue weighted by Crippen LogP contribution is 2.32. The fourth-order valence-corrected chi connectivity index (χ4v) is 3.65. The second-order valence-electron chi connectivity index (χ2n) is 5.74. The molecule has 0 unspecified atom stereocenters. The van der Waals surface area contributed by atoms with Crippen molar-refractivity contribution in [1.29, 1.82) is 0 Å². The highest BCUT2D eigenvalue weighted by molar-refractivity contribution is 9.10. The normalized spacial score (nSPS) is 16.2. The molecule has 3 nitrogen and oxygen atoms in total. The number of anilines is 1. The van der Waals surface area contributed by atoms with Gasteiger partial charge in [-0.2, -0.15) is 0 Å². The van der Waals surface area contributed by atoms with Crippen molar-refractivity contribution in [2.45, 2.75) is 25.3 Å². The van der Waals surface area contributed by atoms with Crippen molar-refractivity contribution in [3.8, 4) is 5.75 Å². The maximum Gasteiger partial charge on any atom is 0.171 e. The summed E-state index contributed by atoms with van der Waals surface area (Å²) in [6, 6.07) is 12.1. The number of thiocarbonyl (C=S) groups is 1. The molecule has 0 aromatic heterocycles. The van der Waals surface area contributed by atoms with Crippen LogP contribution < -0.4 is 15.4 Å². The molecule has 126 valence electrons. The Bertz CT molecular complexity index is 769. The number of hydrogen-bond acceptors (Lipinski definition) is 2. The van der Waals surface area contributed by atoms with Gasteiger partial charge >= 0.3 is 0 Å². The second-order valence-corrected chi connectivity index (χ2v) is 7.41. The van der Waals surface area contributed by atoms with E-state index in [9.17, 15) is 0 Å². The molecule has 1 aliphatic carbocycles. The van der Waals surface area contributed by atoms with Crippen LogP contribution >= 0.6 is 39.7 Å². The van der Waals surface area contributed by atoms with Gasteiger partial charge in [0, 0.05) is 10.2 Å². The molecule has 6 heteroatoms. The largest absolute Gasteiger partial charge is 0.497 e. The molecule has 1 aliphatic rings. The van der Waals surface area contributed by atoms with Crippen LogP contribution in [0, 0.1) is 0 Å². The molecular formula is C18H18BrClN2OS. The number of fused-ring (bicyclic) bond motifs is 1. The summed E-state index contributed by atoms with van der Waals surface area (Å²) in [6.45, 7) is 0. The number of benzene rings is 2. The van der Waals surface area contributed by atoms with Crippen LogP contribution in [0.2, 0.25) is 5.02 Å². The summed E-state index contributed by atoms with van der Waals surface area (Å²) in [5.74, 6) is 0.902. The number of ether oxygens (including phenoxy) is 1. The van der Waals surface area contributed by atoms with Crippen LogP contribution in [0.4, 0.5) is 5.69 Å². The predicted octanol–water partition coefficient (Wildman–Crippen LogP) is 5.48. The molecule has 0 heterocycles. The van der Waals surface area contributed by atoms with Gasteiger partial charge in [0.1, 0.15) is 5.75 Å². The van der Waals surface area contributed by atoms with Gasteiger partial charge in [-0.3, -0.25) is 0 Å². The van der Waals surface area contributed by atoms with E-state index in [-0.39, 0.29) is 6.04 Å². The van der Waals surface area contributed by atoms with Crippen molar-refractivity contribution in [2.24, 2.45) is 0 Å². The number of aryl methyl sites for hydroxylation is 1. The molecule has 3 rings (SSSR count). The Labute approximate surface area is 160 Å². The van der Waals surface area contributed by atoms with Gasteiger partial charge in [-0.05, 0) is 88.9 Å². The topological polar surface area (TPSA) is 33.3 Å². The fraction of sp³-hybridized carbons (Fsp3) is 0.278. The maximum absolute atomic E-state index is 6.12. The first-order chi connectivity index (χ1) is 11.6. The highest BCUT2D eigenvalue weighted by atomic mass is 79.9. The molecule has 0 radical (unpaired) electrons. The molecule has 24 heavy (non-hydrogen) atoms. The summed E-state index contributed by atoms with van der Waals surface area (Å²) >= 11 is 15.0. The lowest BCUT2D eigenvalue weighted by Gasteiger charge is -2.28. The summed E-state index contributed by atoms with van der Waals surface area (Å²) in [6.07, 6.45) is 3.26. The molecule has 0 amide bonds. The van der Waals surface area contributed by atoms with E-state index in [1.165, 1.54) is 11.1 Å². The Hall–Kier alpha value is -1.30. The summed E-state index contributed by atoms with van der Waals surface area (Å²) < 4.78 is 6.19. The van der Waals surface area contributed by atoms with E-state index in [4.69, 9.17) is 28.6 Å². The van der Waals surface area contributed by atoms with E-state index in [0.717, 1.165) is 35.2 Å². The van der Waals surface area contributed by atoms with Crippen LogP contribution in [-0.4, -0.2) is 12.2 Å². The van der Waals surface area contributed by atoms with Crippen molar-refractivity contribution in [3.05, 3.63) is 57.0 Å². The van der Waals surface area contributed by atoms with Gasteiger partial charge in [0.25, 0.3) is 0 Å². The Kier molecular flexibility index (Phi) is 5.64. The molecule has 0 aliphatic heterocycles. The SMILES string of the molecule is COc1ccc2c(c1)CCC[C@@H]2NC(=S)Nc1ccc(Br)c(Cl)c1. The summed E-state index contributed by atoms with van der Waals surface area (Å²) in [7, 11) is 1.70. The number of halogens is 2. The minimum absolute atomic E-state index is 0.213. The summed E-state index contributed by atoms with van der Waals surface area (Å²) in [4.78, 5) is 0. The smallest absolute Gasteiger partial charge is 0.171 e. The molecule has 1 atom stereocenters. The van der Waals surface area contributed by atoms with Crippen LogP contribution in [0.3, 0.4) is 0 Å². The van der Waals surface area contributed by atoms with Gasteiger partial charge in [0.05, 0.1) is 18.2 Å². The lowest BCUT2D eigenvalue weighted by Crippen LogP contribution is -2.34. The Balaban J connectivity index is 1.70. The molecule has 0 fully saturated rings. The fourth-order valence-electron chi connectivity index (χ4n) is 2.97.